The van der Waals surface area contributed by atoms with Crippen LogP contribution in [0.4, 0.5) is 4.39 Å². The molecule has 152 valence electrons. The Bertz CT molecular complexity index is 1140. The zero-order valence-electron chi connectivity index (χ0n) is 16.8. The number of aryl methyl sites for hydroxylation is 2. The van der Waals surface area contributed by atoms with Crippen LogP contribution in [0.3, 0.4) is 0 Å². The van der Waals surface area contributed by atoms with Crippen molar-refractivity contribution >= 4 is 11.5 Å². The summed E-state index contributed by atoms with van der Waals surface area (Å²) in [5, 5.41) is 8.11. The zero-order valence-corrected chi connectivity index (χ0v) is 16.8. The number of benzene rings is 1. The first kappa shape index (κ1) is 18.6. The standard InChI is InChI=1S/C22H21FN6O/c1-13-8-14(2)27-21(26-13)15-9-16-11-28(12-17(16)10-15)22(30)20-18(23)4-3-5-19(20)29-24-6-7-25-29/h3-9,16-17H,10-12H2,1-2H3/t16-,17+/m1/s1. The summed E-state index contributed by atoms with van der Waals surface area (Å²) in [7, 11) is 0. The van der Waals surface area contributed by atoms with E-state index in [0.29, 0.717) is 24.7 Å². The summed E-state index contributed by atoms with van der Waals surface area (Å²) in [5.74, 6) is 0.415. The predicted octanol–water partition coefficient (Wildman–Crippen LogP) is 2.99. The molecule has 7 nitrogen and oxygen atoms in total. The second kappa shape index (κ2) is 7.12. The number of carbonyl (C=O) groups is 1. The molecule has 3 aromatic rings. The molecule has 0 saturated carbocycles. The number of hydrogen-bond donors (Lipinski definition) is 0. The average Bonchev–Trinajstić information content (AvgIpc) is 3.43. The van der Waals surface area contributed by atoms with Gasteiger partial charge in [0.15, 0.2) is 5.82 Å². The van der Waals surface area contributed by atoms with Gasteiger partial charge in [0, 0.05) is 24.5 Å². The summed E-state index contributed by atoms with van der Waals surface area (Å²) in [4.78, 5) is 25.4. The van der Waals surface area contributed by atoms with Gasteiger partial charge in [0.2, 0.25) is 0 Å². The third-order valence-corrected chi connectivity index (χ3v) is 5.79. The summed E-state index contributed by atoms with van der Waals surface area (Å²) in [6, 6.07) is 6.47. The summed E-state index contributed by atoms with van der Waals surface area (Å²) in [6.07, 6.45) is 6.01. The van der Waals surface area contributed by atoms with Crippen molar-refractivity contribution in [1.29, 1.82) is 0 Å². The Labute approximate surface area is 173 Å². The smallest absolute Gasteiger partial charge is 0.259 e. The van der Waals surface area contributed by atoms with Crippen LogP contribution in [0.1, 0.15) is 34.0 Å². The zero-order chi connectivity index (χ0) is 20.8. The number of nitrogens with zero attached hydrogens (tertiary/aromatic N) is 6. The van der Waals surface area contributed by atoms with Crippen LogP contribution in [0.5, 0.6) is 0 Å². The molecule has 2 aliphatic rings. The normalized spacial score (nSPS) is 20.4. The van der Waals surface area contributed by atoms with E-state index in [2.05, 4.69) is 26.2 Å². The lowest BCUT2D eigenvalue weighted by molar-refractivity contribution is 0.0780. The Morgan fingerprint density at radius 1 is 1.10 bits per heavy atom. The Balaban J connectivity index is 1.39. The molecule has 8 heteroatoms. The van der Waals surface area contributed by atoms with Gasteiger partial charge in [-0.05, 0) is 55.9 Å². The minimum atomic E-state index is -0.563. The summed E-state index contributed by atoms with van der Waals surface area (Å²) in [6.45, 7) is 5.07. The number of hydrogen-bond acceptors (Lipinski definition) is 5. The Morgan fingerprint density at radius 2 is 1.83 bits per heavy atom. The van der Waals surface area contributed by atoms with Gasteiger partial charge in [-0.25, -0.2) is 14.4 Å². The summed E-state index contributed by atoms with van der Waals surface area (Å²) >= 11 is 0. The monoisotopic (exact) mass is 404 g/mol. The maximum Gasteiger partial charge on any atom is 0.259 e. The van der Waals surface area contributed by atoms with Crippen molar-refractivity contribution in [2.24, 2.45) is 11.8 Å². The lowest BCUT2D eigenvalue weighted by atomic mass is 10.00. The molecule has 1 saturated heterocycles. The molecule has 3 heterocycles. The highest BCUT2D eigenvalue weighted by molar-refractivity contribution is 5.98. The van der Waals surface area contributed by atoms with Gasteiger partial charge in [-0.15, -0.1) is 0 Å². The van der Waals surface area contributed by atoms with E-state index in [0.717, 1.165) is 29.2 Å². The maximum atomic E-state index is 14.7. The van der Waals surface area contributed by atoms with Crippen molar-refractivity contribution in [1.82, 2.24) is 29.9 Å². The molecule has 1 aliphatic carbocycles. The average molecular weight is 404 g/mol. The minimum Gasteiger partial charge on any atom is -0.338 e. The number of likely N-dealkylation sites (tertiary alicyclic amines) is 1. The van der Waals surface area contributed by atoms with Crippen LogP contribution in [0.2, 0.25) is 0 Å². The van der Waals surface area contributed by atoms with E-state index < -0.39 is 5.82 Å². The van der Waals surface area contributed by atoms with Crippen LogP contribution in [0.15, 0.2) is 42.7 Å². The lowest BCUT2D eigenvalue weighted by Gasteiger charge is -2.19. The number of halogens is 1. The Hall–Kier alpha value is -3.42. The van der Waals surface area contributed by atoms with Crippen molar-refractivity contribution < 1.29 is 9.18 Å². The molecule has 2 aromatic heterocycles. The van der Waals surface area contributed by atoms with Crippen LogP contribution < -0.4 is 0 Å². The van der Waals surface area contributed by atoms with Crippen LogP contribution in [0, 0.1) is 31.5 Å². The molecular formula is C22H21FN6O. The van der Waals surface area contributed by atoms with Gasteiger partial charge in [-0.3, -0.25) is 4.79 Å². The fourth-order valence-electron chi connectivity index (χ4n) is 4.50. The molecule has 0 bridgehead atoms. The highest BCUT2D eigenvalue weighted by Gasteiger charge is 2.40. The maximum absolute atomic E-state index is 14.7. The third kappa shape index (κ3) is 3.18. The predicted molar refractivity (Wildman–Crippen MR) is 108 cm³/mol. The fraction of sp³-hybridized carbons (Fsp3) is 0.318. The SMILES string of the molecule is Cc1cc(C)nc(C2=C[C@@H]3CN(C(=O)c4c(F)cccc4-n4nccn4)C[C@@H]3C2)n1. The van der Waals surface area contributed by atoms with Gasteiger partial charge in [0.05, 0.1) is 12.4 Å². The van der Waals surface area contributed by atoms with Gasteiger partial charge < -0.3 is 4.90 Å². The van der Waals surface area contributed by atoms with Crippen molar-refractivity contribution in [3.8, 4) is 5.69 Å². The van der Waals surface area contributed by atoms with E-state index in [1.54, 1.807) is 17.0 Å². The fourth-order valence-corrected chi connectivity index (χ4v) is 4.50. The molecule has 1 aromatic carbocycles. The second-order valence-corrected chi connectivity index (χ2v) is 7.96. The quantitative estimate of drug-likeness (QED) is 0.671. The first-order valence-electron chi connectivity index (χ1n) is 9.97. The Morgan fingerprint density at radius 3 is 2.53 bits per heavy atom. The lowest BCUT2D eigenvalue weighted by Crippen LogP contribution is -2.31. The van der Waals surface area contributed by atoms with E-state index >= 15 is 0 Å². The van der Waals surface area contributed by atoms with E-state index in [1.807, 2.05) is 19.9 Å². The second-order valence-electron chi connectivity index (χ2n) is 7.96. The topological polar surface area (TPSA) is 76.8 Å². The molecule has 1 fully saturated rings. The minimum absolute atomic E-state index is 0.00974. The molecule has 1 amide bonds. The van der Waals surface area contributed by atoms with E-state index in [4.69, 9.17) is 0 Å². The van der Waals surface area contributed by atoms with Gasteiger partial charge >= 0.3 is 0 Å². The highest BCUT2D eigenvalue weighted by atomic mass is 19.1. The van der Waals surface area contributed by atoms with Gasteiger partial charge in [0.25, 0.3) is 5.91 Å². The molecule has 0 radical (unpaired) electrons. The first-order chi connectivity index (χ1) is 14.5. The largest absolute Gasteiger partial charge is 0.338 e. The molecule has 30 heavy (non-hydrogen) atoms. The van der Waals surface area contributed by atoms with Crippen molar-refractivity contribution in [3.63, 3.8) is 0 Å². The van der Waals surface area contributed by atoms with Crippen LogP contribution in [-0.2, 0) is 0 Å². The number of carbonyl (C=O) groups excluding carboxylic acids is 1. The number of aromatic nitrogens is 5. The van der Waals surface area contributed by atoms with E-state index in [9.17, 15) is 9.18 Å². The van der Waals surface area contributed by atoms with Gasteiger partial charge in [0.1, 0.15) is 17.1 Å². The van der Waals surface area contributed by atoms with Crippen molar-refractivity contribution in [2.45, 2.75) is 20.3 Å². The molecule has 0 unspecified atom stereocenters. The first-order valence-corrected chi connectivity index (χ1v) is 9.97. The number of allylic oxidation sites excluding steroid dienone is 1. The van der Waals surface area contributed by atoms with Crippen molar-refractivity contribution in [3.05, 3.63) is 71.3 Å². The molecule has 1 aliphatic heterocycles. The molecule has 0 N–H and O–H groups in total. The van der Waals surface area contributed by atoms with Crippen LogP contribution in [0.25, 0.3) is 11.3 Å². The van der Waals surface area contributed by atoms with Gasteiger partial charge in [-0.2, -0.15) is 15.0 Å². The molecule has 0 spiro atoms. The number of rotatable bonds is 3. The molecule has 2 atom stereocenters. The number of fused-ring (bicyclic) bond motifs is 1. The summed E-state index contributed by atoms with van der Waals surface area (Å²) < 4.78 is 14.7. The Kier molecular flexibility index (Phi) is 4.42. The third-order valence-electron chi connectivity index (χ3n) is 5.79. The van der Waals surface area contributed by atoms with Gasteiger partial charge in [-0.1, -0.05) is 12.1 Å². The summed E-state index contributed by atoms with van der Waals surface area (Å²) in [5.41, 5.74) is 3.40. The highest BCUT2D eigenvalue weighted by Crippen LogP contribution is 2.40. The van der Waals surface area contributed by atoms with E-state index in [-0.39, 0.29) is 17.4 Å². The number of amides is 1. The molecule has 5 rings (SSSR count). The van der Waals surface area contributed by atoms with Crippen LogP contribution in [-0.4, -0.2) is 48.9 Å². The van der Waals surface area contributed by atoms with Crippen LogP contribution >= 0.6 is 0 Å². The molecular weight excluding hydrogens is 383 g/mol. The van der Waals surface area contributed by atoms with E-state index in [1.165, 1.54) is 23.3 Å². The van der Waals surface area contributed by atoms with Crippen molar-refractivity contribution in [2.75, 3.05) is 13.1 Å².